The molecule has 204 valence electrons. The van der Waals surface area contributed by atoms with Gasteiger partial charge in [0.25, 0.3) is 0 Å². The molecule has 1 aliphatic heterocycles. The summed E-state index contributed by atoms with van der Waals surface area (Å²) in [5, 5.41) is 10.0. The molecule has 4 heterocycles. The summed E-state index contributed by atoms with van der Waals surface area (Å²) in [5.41, 5.74) is 4.79. The molecule has 11 heteroatoms. The van der Waals surface area contributed by atoms with Crippen LogP contribution in [0.2, 0.25) is 5.02 Å². The van der Waals surface area contributed by atoms with Crippen LogP contribution in [0.25, 0.3) is 5.65 Å². The van der Waals surface area contributed by atoms with Crippen LogP contribution in [0.3, 0.4) is 0 Å². The maximum atomic E-state index is 12.8. The number of hydrogen-bond acceptors (Lipinski definition) is 7. The third-order valence-corrected chi connectivity index (χ3v) is 8.04. The number of fused-ring (bicyclic) bond motifs is 1. The molecule has 0 unspecified atom stereocenters. The number of aromatic nitrogens is 4. The van der Waals surface area contributed by atoms with Gasteiger partial charge in [-0.3, -0.25) is 9.59 Å². The monoisotopic (exact) mass is 556 g/mol. The Kier molecular flexibility index (Phi) is 6.36. The molecule has 0 spiro atoms. The lowest BCUT2D eigenvalue weighted by atomic mass is 10.1. The fourth-order valence-electron chi connectivity index (χ4n) is 5.45. The lowest BCUT2D eigenvalue weighted by molar-refractivity contribution is -0.118. The molecule has 2 amide bonds. The van der Waals surface area contributed by atoms with Crippen molar-refractivity contribution in [3.63, 3.8) is 0 Å². The van der Waals surface area contributed by atoms with Gasteiger partial charge in [0, 0.05) is 42.5 Å². The van der Waals surface area contributed by atoms with Gasteiger partial charge in [-0.1, -0.05) is 23.7 Å². The molecule has 3 fully saturated rings. The molecule has 3 aliphatic rings. The third kappa shape index (κ3) is 5.12. The van der Waals surface area contributed by atoms with E-state index in [-0.39, 0.29) is 23.7 Å². The number of nitrogens with zero attached hydrogens (tertiary/aromatic N) is 5. The maximum Gasteiger partial charge on any atom is 0.241 e. The van der Waals surface area contributed by atoms with E-state index in [1.54, 1.807) is 6.07 Å². The quantitative estimate of drug-likeness (QED) is 0.301. The van der Waals surface area contributed by atoms with Crippen molar-refractivity contribution in [2.45, 2.75) is 37.6 Å². The van der Waals surface area contributed by atoms with Gasteiger partial charge in [-0.05, 0) is 60.4 Å². The van der Waals surface area contributed by atoms with E-state index in [2.05, 4.69) is 38.2 Å². The van der Waals surface area contributed by atoms with Crippen LogP contribution in [0, 0.1) is 5.92 Å². The van der Waals surface area contributed by atoms with Crippen LogP contribution in [0.4, 0.5) is 17.3 Å². The Morgan fingerprint density at radius 3 is 2.80 bits per heavy atom. The van der Waals surface area contributed by atoms with E-state index < -0.39 is 0 Å². The van der Waals surface area contributed by atoms with E-state index in [0.717, 1.165) is 35.6 Å². The highest BCUT2D eigenvalue weighted by Gasteiger charge is 2.44. The van der Waals surface area contributed by atoms with Gasteiger partial charge < -0.3 is 25.3 Å². The molecule has 1 aromatic carbocycles. The summed E-state index contributed by atoms with van der Waals surface area (Å²) in [6, 6.07) is 11.5. The highest BCUT2D eigenvalue weighted by molar-refractivity contribution is 6.30. The van der Waals surface area contributed by atoms with Crippen LogP contribution < -0.4 is 20.9 Å². The number of carbonyl (C=O) groups is 2. The largest absolute Gasteiger partial charge is 0.364 e. The molecular formula is C29H29ClN8O2. The average Bonchev–Trinajstić information content (AvgIpc) is 3.88. The van der Waals surface area contributed by atoms with Crippen LogP contribution in [-0.2, 0) is 16.1 Å². The number of benzene rings is 1. The van der Waals surface area contributed by atoms with Gasteiger partial charge in [-0.25, -0.2) is 15.0 Å². The van der Waals surface area contributed by atoms with Crippen LogP contribution in [0.1, 0.15) is 47.9 Å². The summed E-state index contributed by atoms with van der Waals surface area (Å²) in [5.74, 6) is 1.66. The standard InChI is InChI=1S/C29H29ClN8O2/c30-20-3-1-2-18(8-20)22-10-23(22)29(40)36-26-11-25(33-16-34-26)32-12-21-15-37-14-19(17-4-5-17)9-24(28(37)35-21)38-7-6-31-13-27(38)39/h1-3,8-9,11,14-17,22-23,31H,4-7,10,12-13H2,(H2,32,33,34,36,40)/t22-,23+/m1/s1. The number of nitrogens with one attached hydrogen (secondary N) is 3. The summed E-state index contributed by atoms with van der Waals surface area (Å²) in [4.78, 5) is 40.8. The number of anilines is 3. The molecule has 3 aromatic heterocycles. The predicted octanol–water partition coefficient (Wildman–Crippen LogP) is 3.95. The Morgan fingerprint density at radius 1 is 1.10 bits per heavy atom. The summed E-state index contributed by atoms with van der Waals surface area (Å²) >= 11 is 6.11. The summed E-state index contributed by atoms with van der Waals surface area (Å²) in [6.45, 7) is 2.15. The van der Waals surface area contributed by atoms with E-state index in [0.29, 0.717) is 42.2 Å². The predicted molar refractivity (Wildman–Crippen MR) is 153 cm³/mol. The highest BCUT2D eigenvalue weighted by atomic mass is 35.5. The van der Waals surface area contributed by atoms with Gasteiger partial charge in [-0.2, -0.15) is 0 Å². The van der Waals surface area contributed by atoms with Gasteiger partial charge in [-0.15, -0.1) is 0 Å². The first-order valence-corrected chi connectivity index (χ1v) is 14.0. The minimum Gasteiger partial charge on any atom is -0.364 e. The summed E-state index contributed by atoms with van der Waals surface area (Å²) in [7, 11) is 0. The number of amides is 2. The molecule has 10 nitrogen and oxygen atoms in total. The number of imidazole rings is 1. The topological polar surface area (TPSA) is 117 Å². The minimum atomic E-state index is -0.0971. The zero-order valence-electron chi connectivity index (χ0n) is 21.8. The molecule has 2 atom stereocenters. The zero-order valence-corrected chi connectivity index (χ0v) is 22.6. The van der Waals surface area contributed by atoms with E-state index >= 15 is 0 Å². The smallest absolute Gasteiger partial charge is 0.241 e. The van der Waals surface area contributed by atoms with Gasteiger partial charge in [0.1, 0.15) is 18.0 Å². The first-order valence-electron chi connectivity index (χ1n) is 13.7. The molecule has 40 heavy (non-hydrogen) atoms. The maximum absolute atomic E-state index is 12.8. The third-order valence-electron chi connectivity index (χ3n) is 7.80. The number of piperazine rings is 1. The Morgan fingerprint density at radius 2 is 1.98 bits per heavy atom. The number of rotatable bonds is 8. The Hall–Kier alpha value is -4.02. The van der Waals surface area contributed by atoms with Crippen molar-refractivity contribution in [2.75, 3.05) is 35.2 Å². The highest BCUT2D eigenvalue weighted by Crippen LogP contribution is 2.48. The van der Waals surface area contributed by atoms with E-state index in [9.17, 15) is 9.59 Å². The van der Waals surface area contributed by atoms with Gasteiger partial charge in [0.15, 0.2) is 5.65 Å². The molecule has 3 N–H and O–H groups in total. The fourth-order valence-corrected chi connectivity index (χ4v) is 5.65. The van der Waals surface area contributed by atoms with Gasteiger partial charge in [0.2, 0.25) is 11.8 Å². The first kappa shape index (κ1) is 25.0. The van der Waals surface area contributed by atoms with E-state index in [4.69, 9.17) is 16.6 Å². The number of hydrogen-bond donors (Lipinski definition) is 3. The van der Waals surface area contributed by atoms with Crippen molar-refractivity contribution in [1.29, 1.82) is 0 Å². The minimum absolute atomic E-state index is 0.0589. The molecular weight excluding hydrogens is 528 g/mol. The van der Waals surface area contributed by atoms with Crippen LogP contribution >= 0.6 is 11.6 Å². The molecule has 4 aromatic rings. The van der Waals surface area contributed by atoms with Crippen molar-refractivity contribution in [3.05, 3.63) is 77.0 Å². The molecule has 1 saturated heterocycles. The second kappa shape index (κ2) is 10.2. The lowest BCUT2D eigenvalue weighted by Crippen LogP contribution is -2.48. The van der Waals surface area contributed by atoms with Crippen LogP contribution in [-0.4, -0.2) is 50.8 Å². The Balaban J connectivity index is 1.04. The Labute approximate surface area is 236 Å². The summed E-state index contributed by atoms with van der Waals surface area (Å²) in [6.07, 6.45) is 8.71. The number of halogens is 1. The second-order valence-electron chi connectivity index (χ2n) is 10.8. The number of carbonyl (C=O) groups excluding carboxylic acids is 2. The molecule has 0 bridgehead atoms. The van der Waals surface area contributed by atoms with Crippen molar-refractivity contribution in [2.24, 2.45) is 5.92 Å². The molecule has 2 aliphatic carbocycles. The molecule has 7 rings (SSSR count). The average molecular weight is 557 g/mol. The van der Waals surface area contributed by atoms with Crippen LogP contribution in [0.15, 0.2) is 55.1 Å². The van der Waals surface area contributed by atoms with Crippen LogP contribution in [0.5, 0.6) is 0 Å². The summed E-state index contributed by atoms with van der Waals surface area (Å²) < 4.78 is 2.03. The first-order chi connectivity index (χ1) is 19.5. The van der Waals surface area contributed by atoms with Crippen molar-refractivity contribution in [3.8, 4) is 0 Å². The molecule has 2 saturated carbocycles. The van der Waals surface area contributed by atoms with Crippen molar-refractivity contribution < 1.29 is 9.59 Å². The zero-order chi connectivity index (χ0) is 27.2. The lowest BCUT2D eigenvalue weighted by Gasteiger charge is -2.28. The van der Waals surface area contributed by atoms with E-state index in [1.165, 1.54) is 24.7 Å². The van der Waals surface area contributed by atoms with E-state index in [1.807, 2.05) is 39.8 Å². The van der Waals surface area contributed by atoms with Gasteiger partial charge >= 0.3 is 0 Å². The second-order valence-corrected chi connectivity index (χ2v) is 11.2. The SMILES string of the molecule is O=C(Nc1cc(NCc2cn3cc(C4CC4)cc(N4CCNCC4=O)c3n2)ncn1)[C@H]1C[C@@H]1c1cccc(Cl)c1. The normalized spacial score (nSPS) is 20.5. The van der Waals surface area contributed by atoms with Crippen molar-refractivity contribution in [1.82, 2.24) is 24.7 Å². The number of pyridine rings is 1. The fraction of sp³-hybridized carbons (Fsp3) is 0.345. The van der Waals surface area contributed by atoms with Gasteiger partial charge in [0.05, 0.1) is 24.5 Å². The molecule has 0 radical (unpaired) electrons. The van der Waals surface area contributed by atoms with Crippen molar-refractivity contribution >= 4 is 46.4 Å². The Bertz CT molecular complexity index is 1620.